The number of hydrogen-bond donors (Lipinski definition) is 0. The van der Waals surface area contributed by atoms with Crippen molar-refractivity contribution in [2.45, 2.75) is 23.3 Å². The Morgan fingerprint density at radius 1 is 1.10 bits per heavy atom. The van der Waals surface area contributed by atoms with Gasteiger partial charge in [-0.25, -0.2) is 0 Å². The predicted molar refractivity (Wildman–Crippen MR) is 117 cm³/mol. The van der Waals surface area contributed by atoms with E-state index in [0.717, 1.165) is 10.5 Å². The van der Waals surface area contributed by atoms with Crippen molar-refractivity contribution in [1.29, 1.82) is 0 Å². The number of hydrogen-bond acceptors (Lipinski definition) is 5. The first-order chi connectivity index (χ1) is 13.9. The second-order valence-corrected chi connectivity index (χ2v) is 8.04. The molecule has 148 valence electrons. The Morgan fingerprint density at radius 3 is 2.45 bits per heavy atom. The summed E-state index contributed by atoms with van der Waals surface area (Å²) in [5, 5.41) is 16.3. The van der Waals surface area contributed by atoms with Crippen LogP contribution in [0.4, 0.5) is 5.69 Å². The zero-order valence-electron chi connectivity index (χ0n) is 15.3. The van der Waals surface area contributed by atoms with Crippen LogP contribution in [0, 0.1) is 17.0 Å². The topological polar surface area (TPSA) is 64.7 Å². The van der Waals surface area contributed by atoms with Crippen molar-refractivity contribution < 1.29 is 9.76 Å². The lowest BCUT2D eigenvalue weighted by atomic mass is 10.2. The summed E-state index contributed by atoms with van der Waals surface area (Å²) in [6, 6.07) is 17.9. The molecule has 0 N–H and O–H groups in total. The van der Waals surface area contributed by atoms with Crippen LogP contribution < -0.4 is 0 Å². The molecule has 0 bridgehead atoms. The Kier molecular flexibility index (Phi) is 7.14. The molecular formula is C21H16Cl2N2O3S. The van der Waals surface area contributed by atoms with Gasteiger partial charge in [0.05, 0.1) is 16.0 Å². The lowest BCUT2D eigenvalue weighted by Crippen LogP contribution is -1.94. The Balaban J connectivity index is 1.71. The van der Waals surface area contributed by atoms with Crippen molar-refractivity contribution in [1.82, 2.24) is 0 Å². The molecule has 0 radical (unpaired) electrons. The third-order valence-corrected chi connectivity index (χ3v) is 5.76. The van der Waals surface area contributed by atoms with Crippen LogP contribution in [-0.4, -0.2) is 11.1 Å². The molecule has 8 heteroatoms. The van der Waals surface area contributed by atoms with Crippen LogP contribution in [0.5, 0.6) is 0 Å². The number of oxime groups is 1. The Morgan fingerprint density at radius 2 is 1.79 bits per heavy atom. The molecule has 0 amide bonds. The van der Waals surface area contributed by atoms with Crippen molar-refractivity contribution in [3.63, 3.8) is 0 Å². The summed E-state index contributed by atoms with van der Waals surface area (Å²) in [6.07, 6.45) is 1.41. The van der Waals surface area contributed by atoms with Gasteiger partial charge in [-0.2, -0.15) is 0 Å². The molecule has 0 saturated carbocycles. The van der Waals surface area contributed by atoms with Gasteiger partial charge in [0.25, 0.3) is 5.69 Å². The molecule has 0 spiro atoms. The van der Waals surface area contributed by atoms with Crippen molar-refractivity contribution in [3.05, 3.63) is 97.5 Å². The van der Waals surface area contributed by atoms with Crippen LogP contribution >= 0.6 is 35.0 Å². The quantitative estimate of drug-likeness (QED) is 0.224. The first kappa shape index (κ1) is 21.2. The summed E-state index contributed by atoms with van der Waals surface area (Å²) in [4.78, 5) is 17.8. The van der Waals surface area contributed by atoms with Gasteiger partial charge in [0, 0.05) is 32.1 Å². The second kappa shape index (κ2) is 9.78. The highest BCUT2D eigenvalue weighted by atomic mass is 35.5. The molecule has 0 aliphatic heterocycles. The van der Waals surface area contributed by atoms with Gasteiger partial charge in [-0.1, -0.05) is 69.9 Å². The Hall–Kier alpha value is -2.54. The van der Waals surface area contributed by atoms with E-state index in [1.807, 2.05) is 31.2 Å². The number of halogens is 2. The highest BCUT2D eigenvalue weighted by Gasteiger charge is 2.15. The first-order valence-corrected chi connectivity index (χ1v) is 10.1. The van der Waals surface area contributed by atoms with Gasteiger partial charge in [-0.3, -0.25) is 10.1 Å². The van der Waals surface area contributed by atoms with E-state index in [0.29, 0.717) is 26.1 Å². The highest BCUT2D eigenvalue weighted by molar-refractivity contribution is 7.99. The van der Waals surface area contributed by atoms with Gasteiger partial charge in [0.1, 0.15) is 6.61 Å². The minimum atomic E-state index is -0.405. The summed E-state index contributed by atoms with van der Waals surface area (Å²) >= 11 is 13.5. The Bertz CT molecular complexity index is 1040. The summed E-state index contributed by atoms with van der Waals surface area (Å²) in [7, 11) is 0. The van der Waals surface area contributed by atoms with Gasteiger partial charge in [0.15, 0.2) is 0 Å². The maximum atomic E-state index is 11.5. The average Bonchev–Trinajstić information content (AvgIpc) is 2.69. The van der Waals surface area contributed by atoms with Gasteiger partial charge in [-0.15, -0.1) is 0 Å². The maximum Gasteiger partial charge on any atom is 0.283 e. The molecule has 0 aliphatic carbocycles. The molecule has 0 atom stereocenters. The van der Waals surface area contributed by atoms with E-state index in [-0.39, 0.29) is 12.3 Å². The summed E-state index contributed by atoms with van der Waals surface area (Å²) in [6.45, 7) is 2.09. The molecule has 5 nitrogen and oxygen atoms in total. The third-order valence-electron chi connectivity index (χ3n) is 3.98. The molecule has 0 saturated heterocycles. The summed E-state index contributed by atoms with van der Waals surface area (Å²) < 4.78 is 0. The van der Waals surface area contributed by atoms with Crippen molar-refractivity contribution in [3.8, 4) is 0 Å². The van der Waals surface area contributed by atoms with E-state index in [1.54, 1.807) is 30.3 Å². The molecule has 0 heterocycles. The molecule has 0 fully saturated rings. The van der Waals surface area contributed by atoms with Crippen molar-refractivity contribution in [2.24, 2.45) is 5.16 Å². The fourth-order valence-corrected chi connectivity index (χ4v) is 3.85. The molecule has 0 aromatic heterocycles. The van der Waals surface area contributed by atoms with Gasteiger partial charge >= 0.3 is 0 Å². The second-order valence-electron chi connectivity index (χ2n) is 6.11. The average molecular weight is 447 g/mol. The predicted octanol–water partition coefficient (Wildman–Crippen LogP) is 6.91. The molecule has 0 aliphatic rings. The van der Waals surface area contributed by atoms with Crippen LogP contribution in [0.25, 0.3) is 0 Å². The standard InChI is InChI=1S/C21H16Cl2N2O3S/c1-14-5-8-16(9-6-14)29-21-10-7-15(11-20(21)25(26)27)12-24-28-13-17-18(22)3-2-4-19(17)23/h2-12H,13H2,1H3. The normalized spacial score (nSPS) is 11.0. The summed E-state index contributed by atoms with van der Waals surface area (Å²) in [5.74, 6) is 0. The first-order valence-electron chi connectivity index (χ1n) is 8.55. The van der Waals surface area contributed by atoms with E-state index in [4.69, 9.17) is 28.0 Å². The largest absolute Gasteiger partial charge is 0.391 e. The van der Waals surface area contributed by atoms with E-state index >= 15 is 0 Å². The van der Waals surface area contributed by atoms with Gasteiger partial charge < -0.3 is 4.84 Å². The minimum absolute atomic E-state index is 0.00803. The molecule has 0 unspecified atom stereocenters. The zero-order valence-corrected chi connectivity index (χ0v) is 17.7. The van der Waals surface area contributed by atoms with E-state index in [1.165, 1.54) is 24.0 Å². The van der Waals surface area contributed by atoms with Gasteiger partial charge in [0.2, 0.25) is 0 Å². The summed E-state index contributed by atoms with van der Waals surface area (Å²) in [5.41, 5.74) is 2.32. The number of nitro benzene ring substituents is 1. The van der Waals surface area contributed by atoms with Crippen LogP contribution in [0.3, 0.4) is 0 Å². The zero-order chi connectivity index (χ0) is 20.8. The molecular weight excluding hydrogens is 431 g/mol. The highest BCUT2D eigenvalue weighted by Crippen LogP contribution is 2.35. The van der Waals surface area contributed by atoms with E-state index in [2.05, 4.69) is 5.16 Å². The molecule has 3 aromatic carbocycles. The van der Waals surface area contributed by atoms with Crippen LogP contribution in [-0.2, 0) is 11.4 Å². The number of benzene rings is 3. The van der Waals surface area contributed by atoms with Crippen LogP contribution in [0.15, 0.2) is 75.6 Å². The third kappa shape index (κ3) is 5.73. The van der Waals surface area contributed by atoms with Crippen molar-refractivity contribution in [2.75, 3.05) is 0 Å². The Labute approximate surface area is 182 Å². The van der Waals surface area contributed by atoms with Crippen LogP contribution in [0.2, 0.25) is 10.0 Å². The SMILES string of the molecule is Cc1ccc(Sc2ccc(C=NOCc3c(Cl)cccc3Cl)cc2[N+](=O)[O-])cc1. The van der Waals surface area contributed by atoms with E-state index in [9.17, 15) is 10.1 Å². The maximum absolute atomic E-state index is 11.5. The smallest absolute Gasteiger partial charge is 0.283 e. The molecule has 3 rings (SSSR count). The lowest BCUT2D eigenvalue weighted by Gasteiger charge is -2.06. The lowest BCUT2D eigenvalue weighted by molar-refractivity contribution is -0.387. The monoisotopic (exact) mass is 446 g/mol. The number of rotatable bonds is 7. The molecule has 29 heavy (non-hydrogen) atoms. The van der Waals surface area contributed by atoms with Crippen LogP contribution in [0.1, 0.15) is 16.7 Å². The number of nitro groups is 1. The minimum Gasteiger partial charge on any atom is -0.391 e. The fraction of sp³-hybridized carbons (Fsp3) is 0.0952. The number of aryl methyl sites for hydroxylation is 1. The molecule has 3 aromatic rings. The van der Waals surface area contributed by atoms with Crippen molar-refractivity contribution >= 4 is 46.9 Å². The van der Waals surface area contributed by atoms with Gasteiger partial charge in [-0.05, 0) is 37.3 Å². The fourth-order valence-electron chi connectivity index (χ4n) is 2.45. The number of nitrogens with zero attached hydrogens (tertiary/aromatic N) is 2. The van der Waals surface area contributed by atoms with E-state index < -0.39 is 4.92 Å².